The number of anilines is 8. The normalized spacial score (nSPS) is 11.0. The number of nitrogens with two attached hydrogens (primary N) is 2. The summed E-state index contributed by atoms with van der Waals surface area (Å²) in [5, 5.41) is 7.35. The molecule has 4 heteroatoms. The van der Waals surface area contributed by atoms with Crippen LogP contribution in [-0.4, -0.2) is 0 Å². The highest BCUT2D eigenvalue weighted by atomic mass is 15.1. The van der Waals surface area contributed by atoms with Crippen LogP contribution >= 0.6 is 0 Å². The third kappa shape index (κ3) is 8.81. The molecule has 12 aromatic carbocycles. The zero-order chi connectivity index (χ0) is 47.2. The van der Waals surface area contributed by atoms with Gasteiger partial charge in [0.05, 0.1) is 11.4 Å². The molecular formula is C66H50N4. The van der Waals surface area contributed by atoms with Gasteiger partial charge < -0.3 is 21.3 Å². The molecule has 12 rings (SSSR count). The molecule has 4 N–H and O–H groups in total. The Bertz CT molecular complexity index is 3540. The third-order valence-electron chi connectivity index (χ3n) is 13.0. The SMILES string of the molecule is Nc1ccc(-c2ccc(N)cc2-c2cccc3ccccc23)cc1.c1ccc(N(c2ccc(-c3ccc(N(c4ccccc4)c4cccc5ccccc45)cc3)cc2)c2cccc3ccccc23)cc1. The van der Waals surface area contributed by atoms with Crippen LogP contribution in [0.5, 0.6) is 0 Å². The lowest BCUT2D eigenvalue weighted by Gasteiger charge is -2.27. The quantitative estimate of drug-likeness (QED) is 0.142. The van der Waals surface area contributed by atoms with Crippen molar-refractivity contribution in [3.63, 3.8) is 0 Å². The third-order valence-corrected chi connectivity index (χ3v) is 13.0. The van der Waals surface area contributed by atoms with Gasteiger partial charge in [-0.2, -0.15) is 0 Å². The van der Waals surface area contributed by atoms with E-state index in [0.717, 1.165) is 62.2 Å². The standard InChI is InChI=1S/C44H32N2.C22H18N2/c1-3-17-37(18-4-1)45(43-23-11-15-35-13-7-9-21-41(35)43)39-29-25-33(26-30-39)34-27-31-40(32-28-34)46(38-19-5-2-6-20-38)44-24-12-16-36-14-8-10-22-42(36)44;23-17-10-8-16(9-11-17)20-13-12-18(24)14-22(20)21-7-3-5-15-4-1-2-6-19(15)21/h1-32H;1-14H,23-24H2. The maximum atomic E-state index is 6.09. The molecule has 0 aliphatic rings. The van der Waals surface area contributed by atoms with Crippen LogP contribution in [0.25, 0.3) is 65.7 Å². The lowest BCUT2D eigenvalue weighted by Crippen LogP contribution is -2.10. The summed E-state index contributed by atoms with van der Waals surface area (Å²) in [6.07, 6.45) is 0. The highest BCUT2D eigenvalue weighted by Gasteiger charge is 2.18. The van der Waals surface area contributed by atoms with Crippen LogP contribution in [0, 0.1) is 0 Å². The Hall–Kier alpha value is -9.38. The van der Waals surface area contributed by atoms with E-state index in [-0.39, 0.29) is 0 Å². The van der Waals surface area contributed by atoms with Gasteiger partial charge in [-0.15, -0.1) is 0 Å². The van der Waals surface area contributed by atoms with Crippen molar-refractivity contribution in [3.05, 3.63) is 279 Å². The number of benzene rings is 12. The number of nitrogens with zero attached hydrogens (tertiary/aromatic N) is 2. The summed E-state index contributed by atoms with van der Waals surface area (Å²) in [6.45, 7) is 0. The van der Waals surface area contributed by atoms with Gasteiger partial charge in [0.2, 0.25) is 0 Å². The smallest absolute Gasteiger partial charge is 0.0540 e. The van der Waals surface area contributed by atoms with Crippen molar-refractivity contribution in [2.75, 3.05) is 21.3 Å². The monoisotopic (exact) mass is 898 g/mol. The van der Waals surface area contributed by atoms with Crippen LogP contribution < -0.4 is 21.3 Å². The summed E-state index contributed by atoms with van der Waals surface area (Å²) in [5.41, 5.74) is 27.2. The average Bonchev–Trinajstić information content (AvgIpc) is 3.42. The molecule has 70 heavy (non-hydrogen) atoms. The highest BCUT2D eigenvalue weighted by Crippen LogP contribution is 2.42. The number of nitrogen functional groups attached to an aromatic ring is 2. The lowest BCUT2D eigenvalue weighted by molar-refractivity contribution is 1.29. The molecule has 0 radical (unpaired) electrons. The van der Waals surface area contributed by atoms with Crippen LogP contribution in [0.1, 0.15) is 0 Å². The van der Waals surface area contributed by atoms with Crippen LogP contribution in [0.2, 0.25) is 0 Å². The predicted octanol–water partition coefficient (Wildman–Crippen LogP) is 17.9. The molecule has 0 heterocycles. The Morgan fingerprint density at radius 1 is 0.229 bits per heavy atom. The second-order valence-electron chi connectivity index (χ2n) is 17.4. The fourth-order valence-electron chi connectivity index (χ4n) is 9.58. The molecule has 0 aliphatic carbocycles. The number of hydrogen-bond acceptors (Lipinski definition) is 4. The minimum Gasteiger partial charge on any atom is -0.399 e. The summed E-state index contributed by atoms with van der Waals surface area (Å²) in [6, 6.07) is 98.1. The van der Waals surface area contributed by atoms with E-state index < -0.39 is 0 Å². The van der Waals surface area contributed by atoms with Crippen LogP contribution in [0.3, 0.4) is 0 Å². The van der Waals surface area contributed by atoms with Crippen LogP contribution in [0.15, 0.2) is 279 Å². The minimum absolute atomic E-state index is 0.761. The summed E-state index contributed by atoms with van der Waals surface area (Å²) >= 11 is 0. The van der Waals surface area contributed by atoms with E-state index in [0.29, 0.717) is 0 Å². The van der Waals surface area contributed by atoms with Crippen molar-refractivity contribution in [2.45, 2.75) is 0 Å². The first kappa shape index (κ1) is 43.2. The molecule has 0 saturated heterocycles. The maximum absolute atomic E-state index is 6.09. The van der Waals surface area contributed by atoms with Gasteiger partial charge >= 0.3 is 0 Å². The molecule has 12 aromatic rings. The molecule has 0 fully saturated rings. The Morgan fingerprint density at radius 2 is 0.600 bits per heavy atom. The first-order chi connectivity index (χ1) is 34.6. The Morgan fingerprint density at radius 3 is 1.10 bits per heavy atom. The van der Waals surface area contributed by atoms with E-state index in [9.17, 15) is 0 Å². The molecule has 0 spiro atoms. The van der Waals surface area contributed by atoms with E-state index in [1.54, 1.807) is 0 Å². The molecule has 4 nitrogen and oxygen atoms in total. The molecule has 0 aliphatic heterocycles. The van der Waals surface area contributed by atoms with E-state index in [4.69, 9.17) is 11.5 Å². The molecule has 0 amide bonds. The number of hydrogen-bond donors (Lipinski definition) is 2. The number of rotatable bonds is 9. The van der Waals surface area contributed by atoms with Gasteiger partial charge in [0.15, 0.2) is 0 Å². The second-order valence-corrected chi connectivity index (χ2v) is 17.4. The van der Waals surface area contributed by atoms with E-state index in [2.05, 4.69) is 265 Å². The van der Waals surface area contributed by atoms with E-state index in [1.165, 1.54) is 49.0 Å². The van der Waals surface area contributed by atoms with Gasteiger partial charge in [-0.05, 0) is 140 Å². The molecule has 0 unspecified atom stereocenters. The van der Waals surface area contributed by atoms with Gasteiger partial charge in [0.25, 0.3) is 0 Å². The van der Waals surface area contributed by atoms with Crippen molar-refractivity contribution in [1.29, 1.82) is 0 Å². The van der Waals surface area contributed by atoms with Crippen LogP contribution in [-0.2, 0) is 0 Å². The average molecular weight is 899 g/mol. The predicted molar refractivity (Wildman–Crippen MR) is 300 cm³/mol. The molecular weight excluding hydrogens is 849 g/mol. The molecule has 0 bridgehead atoms. The van der Waals surface area contributed by atoms with Crippen molar-refractivity contribution in [3.8, 4) is 33.4 Å². The molecule has 0 aromatic heterocycles. The lowest BCUT2D eigenvalue weighted by atomic mass is 9.91. The molecule has 334 valence electrons. The fraction of sp³-hybridized carbons (Fsp3) is 0. The summed E-state index contributed by atoms with van der Waals surface area (Å²) < 4.78 is 0. The molecule has 0 saturated carbocycles. The Labute approximate surface area is 409 Å². The van der Waals surface area contributed by atoms with Crippen molar-refractivity contribution in [2.24, 2.45) is 0 Å². The van der Waals surface area contributed by atoms with Gasteiger partial charge in [-0.1, -0.05) is 194 Å². The van der Waals surface area contributed by atoms with E-state index in [1.807, 2.05) is 24.3 Å². The van der Waals surface area contributed by atoms with Gasteiger partial charge in [-0.25, -0.2) is 0 Å². The second kappa shape index (κ2) is 19.5. The van der Waals surface area contributed by atoms with Crippen molar-refractivity contribution in [1.82, 2.24) is 0 Å². The summed E-state index contributed by atoms with van der Waals surface area (Å²) in [7, 11) is 0. The largest absolute Gasteiger partial charge is 0.399 e. The zero-order valence-corrected chi connectivity index (χ0v) is 38.6. The van der Waals surface area contributed by atoms with Gasteiger partial charge in [0.1, 0.15) is 0 Å². The number of fused-ring (bicyclic) bond motifs is 3. The molecule has 0 atom stereocenters. The number of para-hydroxylation sites is 2. The fourth-order valence-corrected chi connectivity index (χ4v) is 9.58. The first-order valence-electron chi connectivity index (χ1n) is 23.7. The zero-order valence-electron chi connectivity index (χ0n) is 38.6. The van der Waals surface area contributed by atoms with Gasteiger partial charge in [-0.3, -0.25) is 0 Å². The first-order valence-corrected chi connectivity index (χ1v) is 23.7. The Balaban J connectivity index is 0.000000186. The van der Waals surface area contributed by atoms with Crippen molar-refractivity contribution >= 4 is 77.8 Å². The summed E-state index contributed by atoms with van der Waals surface area (Å²) in [5.74, 6) is 0. The van der Waals surface area contributed by atoms with Crippen molar-refractivity contribution < 1.29 is 0 Å². The maximum Gasteiger partial charge on any atom is 0.0540 e. The van der Waals surface area contributed by atoms with Crippen LogP contribution in [0.4, 0.5) is 45.5 Å². The van der Waals surface area contributed by atoms with E-state index >= 15 is 0 Å². The topological polar surface area (TPSA) is 58.5 Å². The summed E-state index contributed by atoms with van der Waals surface area (Å²) in [4.78, 5) is 4.69. The van der Waals surface area contributed by atoms with Gasteiger partial charge in [0, 0.05) is 44.9 Å². The Kier molecular flexibility index (Phi) is 12.0. The minimum atomic E-state index is 0.761. The highest BCUT2D eigenvalue weighted by molar-refractivity contribution is 6.02.